The highest BCUT2D eigenvalue weighted by Crippen LogP contribution is 2.40. The van der Waals surface area contributed by atoms with E-state index in [9.17, 15) is 20.0 Å². The zero-order valence-electron chi connectivity index (χ0n) is 8.33. The van der Waals surface area contributed by atoms with Crippen molar-refractivity contribution in [2.75, 3.05) is 0 Å². The van der Waals surface area contributed by atoms with Crippen LogP contribution in [0.25, 0.3) is 10.9 Å². The Bertz CT molecular complexity index is 741. The normalized spacial score (nSPS) is 10.8. The first kappa shape index (κ1) is 12.9. The monoisotopic (exact) mass is 308 g/mol. The summed E-state index contributed by atoms with van der Waals surface area (Å²) in [6.07, 6.45) is 0. The van der Waals surface area contributed by atoms with Crippen LogP contribution in [0.5, 0.6) is 5.75 Å². The minimum Gasteiger partial charge on any atom is -0.501 e. The molecule has 1 heterocycles. The predicted molar refractivity (Wildman–Crippen MR) is 67.9 cm³/mol. The number of nitrogens with zero attached hydrogens (tertiary/aromatic N) is 1. The SMILES string of the molecule is O=c1[nH]c2c(Cl)c(Cl)c(Cl)cc2c(O)c1[N+](=O)[O-]. The number of rotatable bonds is 1. The molecule has 0 unspecified atom stereocenters. The largest absolute Gasteiger partial charge is 0.501 e. The van der Waals surface area contributed by atoms with Crippen molar-refractivity contribution in [1.82, 2.24) is 4.98 Å². The van der Waals surface area contributed by atoms with Crippen molar-refractivity contribution in [3.63, 3.8) is 0 Å². The van der Waals surface area contributed by atoms with Crippen LogP contribution in [-0.4, -0.2) is 15.0 Å². The highest BCUT2D eigenvalue weighted by atomic mass is 35.5. The molecule has 6 nitrogen and oxygen atoms in total. The summed E-state index contributed by atoms with van der Waals surface area (Å²) in [4.78, 5) is 23.3. The fourth-order valence-electron chi connectivity index (χ4n) is 1.48. The van der Waals surface area contributed by atoms with Crippen LogP contribution in [0.1, 0.15) is 0 Å². The Morgan fingerprint density at radius 3 is 2.44 bits per heavy atom. The maximum Gasteiger partial charge on any atom is 0.375 e. The molecule has 18 heavy (non-hydrogen) atoms. The van der Waals surface area contributed by atoms with Crippen molar-refractivity contribution in [2.45, 2.75) is 0 Å². The van der Waals surface area contributed by atoms with E-state index in [0.717, 1.165) is 0 Å². The molecule has 0 saturated heterocycles. The van der Waals surface area contributed by atoms with Crippen LogP contribution in [0.3, 0.4) is 0 Å². The van der Waals surface area contributed by atoms with Gasteiger partial charge < -0.3 is 10.1 Å². The molecule has 0 bridgehead atoms. The molecule has 2 aromatic rings. The van der Waals surface area contributed by atoms with Gasteiger partial charge in [0, 0.05) is 0 Å². The van der Waals surface area contributed by atoms with Crippen LogP contribution in [0.4, 0.5) is 5.69 Å². The van der Waals surface area contributed by atoms with E-state index in [-0.39, 0.29) is 26.0 Å². The molecule has 1 aromatic heterocycles. The van der Waals surface area contributed by atoms with E-state index in [4.69, 9.17) is 34.8 Å². The van der Waals surface area contributed by atoms with Crippen molar-refractivity contribution in [1.29, 1.82) is 0 Å². The molecule has 1 aromatic carbocycles. The Morgan fingerprint density at radius 2 is 1.89 bits per heavy atom. The molecule has 0 spiro atoms. The second-order valence-corrected chi connectivity index (χ2v) is 4.48. The average molecular weight is 309 g/mol. The van der Waals surface area contributed by atoms with Crippen LogP contribution in [0, 0.1) is 10.1 Å². The third-order valence-corrected chi connectivity index (χ3v) is 3.54. The molecule has 0 atom stereocenters. The Labute approximate surface area is 114 Å². The second kappa shape index (κ2) is 4.31. The number of H-pyrrole nitrogens is 1. The number of benzene rings is 1. The Balaban J connectivity index is 3.06. The van der Waals surface area contributed by atoms with E-state index in [1.807, 2.05) is 0 Å². The summed E-state index contributed by atoms with van der Waals surface area (Å²) in [5.41, 5.74) is -2.07. The number of pyridine rings is 1. The van der Waals surface area contributed by atoms with Crippen molar-refractivity contribution >= 4 is 51.4 Å². The molecule has 2 rings (SSSR count). The molecule has 0 saturated carbocycles. The minimum absolute atomic E-state index is 0.00538. The van der Waals surface area contributed by atoms with Gasteiger partial charge in [0.25, 0.3) is 0 Å². The van der Waals surface area contributed by atoms with Gasteiger partial charge in [0.15, 0.2) is 0 Å². The Morgan fingerprint density at radius 1 is 1.28 bits per heavy atom. The summed E-state index contributed by atoms with van der Waals surface area (Å²) in [6.45, 7) is 0. The number of nitro groups is 1. The average Bonchev–Trinajstić information content (AvgIpc) is 2.28. The van der Waals surface area contributed by atoms with E-state index < -0.39 is 21.9 Å². The molecule has 0 fully saturated rings. The molecule has 0 aliphatic rings. The highest BCUT2D eigenvalue weighted by Gasteiger charge is 2.24. The second-order valence-electron chi connectivity index (χ2n) is 3.32. The number of halogens is 3. The molecule has 0 radical (unpaired) electrons. The molecule has 0 aliphatic carbocycles. The number of fused-ring (bicyclic) bond motifs is 1. The van der Waals surface area contributed by atoms with E-state index in [1.54, 1.807) is 0 Å². The molecule has 94 valence electrons. The Hall–Kier alpha value is -1.50. The van der Waals surface area contributed by atoms with Gasteiger partial charge in [-0.3, -0.25) is 14.9 Å². The maximum atomic E-state index is 11.5. The van der Waals surface area contributed by atoms with Crippen molar-refractivity contribution in [3.8, 4) is 5.75 Å². The molecule has 2 N–H and O–H groups in total. The number of nitrogens with one attached hydrogen (secondary N) is 1. The first-order valence-corrected chi connectivity index (χ1v) is 5.54. The van der Waals surface area contributed by atoms with Crippen molar-refractivity contribution < 1.29 is 10.0 Å². The van der Waals surface area contributed by atoms with Gasteiger partial charge in [0.1, 0.15) is 0 Å². The standard InChI is InChI=1S/C9H3Cl3N2O4/c10-3-1-2-6(5(12)4(3)11)13-9(16)7(8(2)15)14(17)18/h1H,(H2,13,15,16). The fourth-order valence-corrected chi connectivity index (χ4v) is 2.13. The van der Waals surface area contributed by atoms with E-state index in [0.29, 0.717) is 0 Å². The van der Waals surface area contributed by atoms with Crippen molar-refractivity contribution in [3.05, 3.63) is 41.6 Å². The van der Waals surface area contributed by atoms with Gasteiger partial charge in [0.2, 0.25) is 5.75 Å². The molecular formula is C9H3Cl3N2O4. The minimum atomic E-state index is -1.08. The van der Waals surface area contributed by atoms with Crippen LogP contribution in [-0.2, 0) is 0 Å². The van der Waals surface area contributed by atoms with Gasteiger partial charge >= 0.3 is 11.2 Å². The first-order valence-electron chi connectivity index (χ1n) is 4.41. The van der Waals surface area contributed by atoms with Gasteiger partial charge in [-0.1, -0.05) is 34.8 Å². The smallest absolute Gasteiger partial charge is 0.375 e. The van der Waals surface area contributed by atoms with E-state index >= 15 is 0 Å². The number of aromatic nitrogens is 1. The first-order chi connectivity index (χ1) is 8.34. The number of aromatic amines is 1. The molecule has 9 heteroatoms. The van der Waals surface area contributed by atoms with Gasteiger partial charge in [-0.15, -0.1) is 0 Å². The van der Waals surface area contributed by atoms with Crippen LogP contribution >= 0.6 is 34.8 Å². The summed E-state index contributed by atoms with van der Waals surface area (Å²) >= 11 is 17.3. The summed E-state index contributed by atoms with van der Waals surface area (Å²) in [5.74, 6) is -0.806. The predicted octanol–water partition coefficient (Wildman–Crippen LogP) is 3.10. The van der Waals surface area contributed by atoms with Gasteiger partial charge in [0.05, 0.1) is 30.9 Å². The molecule has 0 amide bonds. The van der Waals surface area contributed by atoms with Gasteiger partial charge in [-0.25, -0.2) is 0 Å². The Kier molecular flexibility index (Phi) is 3.10. The third-order valence-electron chi connectivity index (χ3n) is 2.28. The highest BCUT2D eigenvalue weighted by molar-refractivity contribution is 6.50. The lowest BCUT2D eigenvalue weighted by molar-refractivity contribution is -0.387. The van der Waals surface area contributed by atoms with Crippen LogP contribution < -0.4 is 5.56 Å². The van der Waals surface area contributed by atoms with Gasteiger partial charge in [-0.2, -0.15) is 0 Å². The third kappa shape index (κ3) is 1.78. The number of aromatic hydroxyl groups is 1. The van der Waals surface area contributed by atoms with Crippen molar-refractivity contribution in [2.24, 2.45) is 0 Å². The van der Waals surface area contributed by atoms with Crippen LogP contribution in [0.2, 0.25) is 15.1 Å². The number of hydrogen-bond acceptors (Lipinski definition) is 4. The van der Waals surface area contributed by atoms with E-state index in [1.165, 1.54) is 6.07 Å². The summed E-state index contributed by atoms with van der Waals surface area (Å²) in [5, 5.41) is 20.2. The topological polar surface area (TPSA) is 96.2 Å². The summed E-state index contributed by atoms with van der Waals surface area (Å²) in [6, 6.07) is 1.18. The summed E-state index contributed by atoms with van der Waals surface area (Å²) in [7, 11) is 0. The molecular weight excluding hydrogens is 306 g/mol. The zero-order valence-corrected chi connectivity index (χ0v) is 10.6. The lowest BCUT2D eigenvalue weighted by Gasteiger charge is -2.06. The molecule has 0 aliphatic heterocycles. The lowest BCUT2D eigenvalue weighted by atomic mass is 10.2. The quantitative estimate of drug-likeness (QED) is 0.480. The lowest BCUT2D eigenvalue weighted by Crippen LogP contribution is -2.12. The maximum absolute atomic E-state index is 11.5. The van der Waals surface area contributed by atoms with E-state index in [2.05, 4.69) is 4.98 Å². The van der Waals surface area contributed by atoms with Gasteiger partial charge in [-0.05, 0) is 6.07 Å². The fraction of sp³-hybridized carbons (Fsp3) is 0. The van der Waals surface area contributed by atoms with Crippen LogP contribution in [0.15, 0.2) is 10.9 Å². The summed E-state index contributed by atoms with van der Waals surface area (Å²) < 4.78 is 0. The zero-order chi connectivity index (χ0) is 13.6. The number of hydrogen-bond donors (Lipinski definition) is 2.